The Balaban J connectivity index is 0.802. The van der Waals surface area contributed by atoms with Crippen molar-refractivity contribution in [3.8, 4) is 22.3 Å². The molecule has 0 amide bonds. The van der Waals surface area contributed by atoms with E-state index in [1.165, 1.54) is 87.4 Å². The molecule has 3 heterocycles. The summed E-state index contributed by atoms with van der Waals surface area (Å²) in [6, 6.07) is 104. The molecule has 16 rings (SSSR count). The van der Waals surface area contributed by atoms with Gasteiger partial charge in [0, 0.05) is 81.9 Å². The van der Waals surface area contributed by atoms with Crippen LogP contribution in [-0.4, -0.2) is 0 Å². The minimum absolute atomic E-state index is 0.158. The van der Waals surface area contributed by atoms with Crippen molar-refractivity contribution in [1.29, 1.82) is 0 Å². The van der Waals surface area contributed by atoms with Crippen molar-refractivity contribution in [2.45, 2.75) is 57.8 Å². The fourth-order valence-electron chi connectivity index (χ4n) is 14.6. The minimum atomic E-state index is -0.274. The predicted octanol–water partition coefficient (Wildman–Crippen LogP) is 23.2. The molecular weight excluding hydrogens is 1060 g/mol. The van der Waals surface area contributed by atoms with Gasteiger partial charge in [0.05, 0.1) is 22.7 Å². The van der Waals surface area contributed by atoms with Crippen LogP contribution in [0.25, 0.3) is 42.4 Å². The van der Waals surface area contributed by atoms with E-state index in [2.05, 4.69) is 340 Å². The molecule has 5 heteroatoms. The number of thiophene rings is 1. The highest BCUT2D eigenvalue weighted by molar-refractivity contribution is 7.25. The SMILES string of the molecule is CC1(C)c2ccccc2-c2ccc(N(c3ccc(-c4ccc(N(c5ccc6c(c5)C(C)(C)c5ccccc5N6c5ccccc5)c5ccc6sc7ccccc7c6c5)cc4)cc3)c3ccc4c(c3)C(C)(C)c3ccccc3N4c3ccccc3)cc21. The fourth-order valence-corrected chi connectivity index (χ4v) is 15.6. The van der Waals surface area contributed by atoms with E-state index in [1.807, 2.05) is 11.3 Å². The molecule has 0 saturated heterocycles. The summed E-state index contributed by atoms with van der Waals surface area (Å²) in [6.07, 6.45) is 0. The third-order valence-corrected chi connectivity index (χ3v) is 20.2. The van der Waals surface area contributed by atoms with Gasteiger partial charge in [-0.15, -0.1) is 11.3 Å². The topological polar surface area (TPSA) is 13.0 Å². The summed E-state index contributed by atoms with van der Waals surface area (Å²) in [7, 11) is 0. The van der Waals surface area contributed by atoms with Crippen LogP contribution in [0.15, 0.2) is 279 Å². The summed E-state index contributed by atoms with van der Waals surface area (Å²) in [4.78, 5) is 9.80. The van der Waals surface area contributed by atoms with Crippen LogP contribution in [0.5, 0.6) is 0 Å². The zero-order valence-corrected chi connectivity index (χ0v) is 50.1. The number of hydrogen-bond acceptors (Lipinski definition) is 5. The number of anilines is 12. The van der Waals surface area contributed by atoms with Crippen LogP contribution in [0.4, 0.5) is 68.2 Å². The maximum atomic E-state index is 2.47. The average molecular weight is 1130 g/mol. The molecule has 0 radical (unpaired) electrons. The molecule has 0 N–H and O–H groups in total. The summed E-state index contributed by atoms with van der Waals surface area (Å²) in [5.41, 5.74) is 25.9. The molecule has 1 aromatic heterocycles. The van der Waals surface area contributed by atoms with Crippen molar-refractivity contribution in [1.82, 2.24) is 0 Å². The number of para-hydroxylation sites is 4. The van der Waals surface area contributed by atoms with Gasteiger partial charge in [0.1, 0.15) is 0 Å². The van der Waals surface area contributed by atoms with Crippen LogP contribution >= 0.6 is 11.3 Å². The summed E-state index contributed by atoms with van der Waals surface area (Å²) in [6.45, 7) is 14.3. The Hall–Kier alpha value is -9.94. The zero-order valence-electron chi connectivity index (χ0n) is 49.3. The lowest BCUT2D eigenvalue weighted by Crippen LogP contribution is -2.31. The zero-order chi connectivity index (χ0) is 58.1. The largest absolute Gasteiger partial charge is 0.310 e. The highest BCUT2D eigenvalue weighted by atomic mass is 32.1. The number of hydrogen-bond donors (Lipinski definition) is 0. The van der Waals surface area contributed by atoms with Gasteiger partial charge >= 0.3 is 0 Å². The van der Waals surface area contributed by atoms with Crippen molar-refractivity contribution in [2.24, 2.45) is 0 Å². The van der Waals surface area contributed by atoms with E-state index in [0.717, 1.165) is 56.6 Å². The lowest BCUT2D eigenvalue weighted by atomic mass is 9.73. The molecule has 13 aromatic rings. The first-order valence-electron chi connectivity index (χ1n) is 30.1. The molecule has 86 heavy (non-hydrogen) atoms. The normalized spacial score (nSPS) is 14.6. The van der Waals surface area contributed by atoms with Gasteiger partial charge in [-0.05, 0) is 189 Å². The standard InChI is InChI=1S/C81H64N4S/c1-79(2)67-27-15-13-25-63(67)64-45-41-60(50-70(64)79)83(62-43-47-76-72(52-62)81(5,6)69-29-17-19-31-74(69)85(76)56-23-11-8-12-24-56)58-39-35-54(36-40-58)53-33-37-57(38-34-53)82(59-44-48-78-66(49-59)65-26-14-20-32-77(65)86-78)61-42-46-75-71(51-61)80(3,4)68-28-16-18-30-73(68)84(75)55-21-9-7-10-22-55/h7-52H,1-6H3. The molecule has 0 spiro atoms. The average Bonchev–Trinajstić information content (AvgIpc) is 3.11. The molecule has 0 bridgehead atoms. The van der Waals surface area contributed by atoms with Gasteiger partial charge in [0.15, 0.2) is 0 Å². The maximum Gasteiger partial charge on any atom is 0.0504 e. The Kier molecular flexibility index (Phi) is 11.8. The van der Waals surface area contributed by atoms with Crippen LogP contribution in [-0.2, 0) is 16.2 Å². The van der Waals surface area contributed by atoms with E-state index in [4.69, 9.17) is 0 Å². The number of benzene rings is 12. The van der Waals surface area contributed by atoms with Crippen LogP contribution in [0.3, 0.4) is 0 Å². The van der Waals surface area contributed by atoms with E-state index < -0.39 is 0 Å². The van der Waals surface area contributed by atoms with E-state index in [-0.39, 0.29) is 16.2 Å². The second-order valence-corrected chi connectivity index (χ2v) is 26.1. The summed E-state index contributed by atoms with van der Waals surface area (Å²) < 4.78 is 2.59. The maximum absolute atomic E-state index is 2.47. The summed E-state index contributed by atoms with van der Waals surface area (Å²) >= 11 is 1.86. The molecule has 3 aliphatic rings. The Morgan fingerprint density at radius 2 is 0.640 bits per heavy atom. The lowest BCUT2D eigenvalue weighted by molar-refractivity contribution is 0.632. The molecule has 1 aliphatic carbocycles. The predicted molar refractivity (Wildman–Crippen MR) is 365 cm³/mol. The number of fused-ring (bicyclic) bond motifs is 10. The smallest absolute Gasteiger partial charge is 0.0504 e. The van der Waals surface area contributed by atoms with Crippen molar-refractivity contribution in [2.75, 3.05) is 19.6 Å². The highest BCUT2D eigenvalue weighted by Crippen LogP contribution is 2.57. The monoisotopic (exact) mass is 1120 g/mol. The summed E-state index contributed by atoms with van der Waals surface area (Å²) in [5, 5.41) is 2.56. The summed E-state index contributed by atoms with van der Waals surface area (Å²) in [5.74, 6) is 0. The second kappa shape index (κ2) is 19.6. The molecule has 12 aromatic carbocycles. The van der Waals surface area contributed by atoms with Gasteiger partial charge in [-0.25, -0.2) is 0 Å². The van der Waals surface area contributed by atoms with Crippen molar-refractivity contribution < 1.29 is 0 Å². The molecule has 0 atom stereocenters. The fraction of sp³-hybridized carbons (Fsp3) is 0.111. The van der Waals surface area contributed by atoms with Crippen LogP contribution in [0.1, 0.15) is 74.9 Å². The Labute approximate surface area is 508 Å². The third-order valence-electron chi connectivity index (χ3n) is 19.0. The van der Waals surface area contributed by atoms with Gasteiger partial charge < -0.3 is 19.6 Å². The van der Waals surface area contributed by atoms with Gasteiger partial charge in [0.25, 0.3) is 0 Å². The molecule has 414 valence electrons. The Morgan fingerprint density at radius 1 is 0.267 bits per heavy atom. The van der Waals surface area contributed by atoms with Crippen LogP contribution in [0, 0.1) is 0 Å². The highest BCUT2D eigenvalue weighted by Gasteiger charge is 2.40. The number of nitrogens with zero attached hydrogens (tertiary/aromatic N) is 4. The van der Waals surface area contributed by atoms with Crippen molar-refractivity contribution >= 4 is 99.8 Å². The van der Waals surface area contributed by atoms with Crippen molar-refractivity contribution in [3.63, 3.8) is 0 Å². The van der Waals surface area contributed by atoms with Gasteiger partial charge in [-0.3, -0.25) is 0 Å². The van der Waals surface area contributed by atoms with Crippen molar-refractivity contribution in [3.05, 3.63) is 312 Å². The molecule has 0 saturated carbocycles. The van der Waals surface area contributed by atoms with E-state index in [9.17, 15) is 0 Å². The molecule has 2 aliphatic heterocycles. The van der Waals surface area contributed by atoms with Gasteiger partial charge in [0.2, 0.25) is 0 Å². The molecule has 0 unspecified atom stereocenters. The quantitative estimate of drug-likeness (QED) is 0.143. The number of rotatable bonds is 9. The molecule has 4 nitrogen and oxygen atoms in total. The van der Waals surface area contributed by atoms with Gasteiger partial charge in [-0.1, -0.05) is 187 Å². The molecular formula is C81H64N4S. The Bertz CT molecular complexity index is 4800. The second-order valence-electron chi connectivity index (χ2n) is 25.0. The molecule has 0 fully saturated rings. The van der Waals surface area contributed by atoms with E-state index >= 15 is 0 Å². The van der Waals surface area contributed by atoms with Crippen LogP contribution in [0.2, 0.25) is 0 Å². The van der Waals surface area contributed by atoms with E-state index in [0.29, 0.717) is 0 Å². The van der Waals surface area contributed by atoms with E-state index in [1.54, 1.807) is 0 Å². The van der Waals surface area contributed by atoms with Gasteiger partial charge in [-0.2, -0.15) is 0 Å². The first-order valence-corrected chi connectivity index (χ1v) is 30.9. The first kappa shape index (κ1) is 51.7. The third kappa shape index (κ3) is 8.02. The lowest BCUT2D eigenvalue weighted by Gasteiger charge is -2.42. The van der Waals surface area contributed by atoms with Crippen LogP contribution < -0.4 is 19.6 Å². The Morgan fingerprint density at radius 3 is 1.19 bits per heavy atom. The first-order chi connectivity index (χ1) is 41.9. The minimum Gasteiger partial charge on any atom is -0.310 e.